The van der Waals surface area contributed by atoms with Crippen LogP contribution in [-0.4, -0.2) is 7.11 Å². The van der Waals surface area contributed by atoms with E-state index in [1.807, 2.05) is 42.5 Å². The van der Waals surface area contributed by atoms with Gasteiger partial charge in [-0.2, -0.15) is 0 Å². The molecule has 1 aliphatic heterocycles. The molecule has 2 nitrogen and oxygen atoms in total. The number of hydrogen-bond donors (Lipinski definition) is 0. The summed E-state index contributed by atoms with van der Waals surface area (Å²) < 4.78 is 25.5. The Morgan fingerprint density at radius 2 is 1.80 bits per heavy atom. The van der Waals surface area contributed by atoms with Crippen molar-refractivity contribution in [2.24, 2.45) is 0 Å². The Bertz CT molecular complexity index is 887. The SMILES string of the molecule is COc1ccc(F)c(-c2ccc(C3CCc4ccccc4O3)cc2)c1. The molecule has 1 aliphatic rings. The number of hydrogen-bond acceptors (Lipinski definition) is 2. The van der Waals surface area contributed by atoms with Crippen molar-refractivity contribution < 1.29 is 13.9 Å². The van der Waals surface area contributed by atoms with Gasteiger partial charge in [-0.15, -0.1) is 0 Å². The molecule has 4 rings (SSSR count). The summed E-state index contributed by atoms with van der Waals surface area (Å²) in [4.78, 5) is 0. The van der Waals surface area contributed by atoms with Crippen LogP contribution in [0.5, 0.6) is 11.5 Å². The van der Waals surface area contributed by atoms with Gasteiger partial charge in [0.2, 0.25) is 0 Å². The average molecular weight is 334 g/mol. The van der Waals surface area contributed by atoms with Crippen molar-refractivity contribution in [3.63, 3.8) is 0 Å². The lowest BCUT2D eigenvalue weighted by Gasteiger charge is -2.26. The van der Waals surface area contributed by atoms with Gasteiger partial charge in [0.25, 0.3) is 0 Å². The zero-order valence-corrected chi connectivity index (χ0v) is 14.0. The molecule has 3 aromatic carbocycles. The van der Waals surface area contributed by atoms with Gasteiger partial charge in [-0.05, 0) is 53.8 Å². The fraction of sp³-hybridized carbons (Fsp3) is 0.182. The van der Waals surface area contributed by atoms with E-state index in [0.717, 1.165) is 29.7 Å². The molecule has 0 saturated carbocycles. The molecule has 1 heterocycles. The Hall–Kier alpha value is -2.81. The minimum atomic E-state index is -0.253. The van der Waals surface area contributed by atoms with Crippen molar-refractivity contribution in [2.45, 2.75) is 18.9 Å². The van der Waals surface area contributed by atoms with E-state index < -0.39 is 0 Å². The maximum absolute atomic E-state index is 14.1. The molecule has 1 atom stereocenters. The topological polar surface area (TPSA) is 18.5 Å². The molecule has 0 fully saturated rings. The molecule has 0 amide bonds. The van der Waals surface area contributed by atoms with Crippen molar-refractivity contribution in [1.29, 1.82) is 0 Å². The first-order valence-electron chi connectivity index (χ1n) is 8.43. The highest BCUT2D eigenvalue weighted by molar-refractivity contribution is 5.66. The predicted octanol–water partition coefficient (Wildman–Crippen LogP) is 5.57. The van der Waals surface area contributed by atoms with Gasteiger partial charge in [-0.3, -0.25) is 0 Å². The van der Waals surface area contributed by atoms with Gasteiger partial charge in [0.1, 0.15) is 23.4 Å². The van der Waals surface area contributed by atoms with Gasteiger partial charge in [0.15, 0.2) is 0 Å². The highest BCUT2D eigenvalue weighted by Gasteiger charge is 2.21. The monoisotopic (exact) mass is 334 g/mol. The molecule has 0 aliphatic carbocycles. The maximum Gasteiger partial charge on any atom is 0.131 e. The van der Waals surface area contributed by atoms with Crippen molar-refractivity contribution in [1.82, 2.24) is 0 Å². The summed E-state index contributed by atoms with van der Waals surface area (Å²) in [5.74, 6) is 1.35. The van der Waals surface area contributed by atoms with E-state index in [1.54, 1.807) is 19.2 Å². The van der Waals surface area contributed by atoms with Crippen LogP contribution in [0.25, 0.3) is 11.1 Å². The van der Waals surface area contributed by atoms with Crippen LogP contribution in [0.1, 0.15) is 23.7 Å². The quantitative estimate of drug-likeness (QED) is 0.623. The second-order valence-electron chi connectivity index (χ2n) is 6.22. The van der Waals surface area contributed by atoms with Crippen LogP contribution in [0.15, 0.2) is 66.7 Å². The van der Waals surface area contributed by atoms with Crippen LogP contribution in [-0.2, 0) is 6.42 Å². The molecule has 0 aromatic heterocycles. The molecule has 3 heteroatoms. The Labute approximate surface area is 146 Å². The Kier molecular flexibility index (Phi) is 4.14. The molecule has 0 spiro atoms. The van der Waals surface area contributed by atoms with Gasteiger partial charge >= 0.3 is 0 Å². The lowest BCUT2D eigenvalue weighted by atomic mass is 9.95. The van der Waals surface area contributed by atoms with Crippen molar-refractivity contribution in [3.8, 4) is 22.6 Å². The number of para-hydroxylation sites is 1. The normalized spacial score (nSPS) is 16.0. The summed E-state index contributed by atoms with van der Waals surface area (Å²) in [5, 5.41) is 0. The van der Waals surface area contributed by atoms with Gasteiger partial charge in [0.05, 0.1) is 7.11 Å². The number of aryl methyl sites for hydroxylation is 1. The third kappa shape index (κ3) is 3.10. The fourth-order valence-electron chi connectivity index (χ4n) is 3.29. The minimum Gasteiger partial charge on any atom is -0.497 e. The molecule has 0 bridgehead atoms. The first kappa shape index (κ1) is 15.7. The lowest BCUT2D eigenvalue weighted by molar-refractivity contribution is 0.176. The number of benzene rings is 3. The summed E-state index contributed by atoms with van der Waals surface area (Å²) in [6, 6.07) is 20.9. The number of rotatable bonds is 3. The first-order chi connectivity index (χ1) is 12.2. The second-order valence-corrected chi connectivity index (χ2v) is 6.22. The summed E-state index contributed by atoms with van der Waals surface area (Å²) in [6.45, 7) is 0. The van der Waals surface area contributed by atoms with Gasteiger partial charge in [-0.25, -0.2) is 4.39 Å². The van der Waals surface area contributed by atoms with E-state index >= 15 is 0 Å². The largest absolute Gasteiger partial charge is 0.497 e. The van der Waals surface area contributed by atoms with Crippen molar-refractivity contribution in [3.05, 3.63) is 83.7 Å². The van der Waals surface area contributed by atoms with E-state index in [9.17, 15) is 4.39 Å². The average Bonchev–Trinajstić information content (AvgIpc) is 2.68. The minimum absolute atomic E-state index is 0.0408. The summed E-state index contributed by atoms with van der Waals surface area (Å²) in [7, 11) is 1.58. The van der Waals surface area contributed by atoms with Crippen LogP contribution in [0.4, 0.5) is 4.39 Å². The number of methoxy groups -OCH3 is 1. The standard InChI is InChI=1S/C22H19FO2/c1-24-18-11-12-20(23)19(14-18)15-6-8-17(9-7-15)22-13-10-16-4-2-3-5-21(16)25-22/h2-9,11-12,14,22H,10,13H2,1H3. The molecule has 0 radical (unpaired) electrons. The summed E-state index contributed by atoms with van der Waals surface area (Å²) in [5.41, 5.74) is 3.74. The van der Waals surface area contributed by atoms with E-state index in [0.29, 0.717) is 11.3 Å². The van der Waals surface area contributed by atoms with Crippen LogP contribution in [0.3, 0.4) is 0 Å². The highest BCUT2D eigenvalue weighted by Crippen LogP contribution is 2.35. The Morgan fingerprint density at radius 3 is 2.60 bits per heavy atom. The smallest absolute Gasteiger partial charge is 0.131 e. The zero-order valence-electron chi connectivity index (χ0n) is 14.0. The zero-order chi connectivity index (χ0) is 17.2. The van der Waals surface area contributed by atoms with E-state index in [1.165, 1.54) is 11.6 Å². The van der Waals surface area contributed by atoms with E-state index in [2.05, 4.69) is 6.07 Å². The van der Waals surface area contributed by atoms with E-state index in [4.69, 9.17) is 9.47 Å². The molecular formula is C22H19FO2. The van der Waals surface area contributed by atoms with Crippen LogP contribution < -0.4 is 9.47 Å². The van der Waals surface area contributed by atoms with Crippen LogP contribution in [0, 0.1) is 5.82 Å². The Balaban J connectivity index is 1.59. The molecule has 25 heavy (non-hydrogen) atoms. The Morgan fingerprint density at radius 1 is 1.00 bits per heavy atom. The number of ether oxygens (including phenoxy) is 2. The van der Waals surface area contributed by atoms with Crippen LogP contribution in [0.2, 0.25) is 0 Å². The molecule has 126 valence electrons. The summed E-state index contributed by atoms with van der Waals surface area (Å²) in [6.07, 6.45) is 2.00. The van der Waals surface area contributed by atoms with Gasteiger partial charge < -0.3 is 9.47 Å². The van der Waals surface area contributed by atoms with Gasteiger partial charge in [0, 0.05) is 5.56 Å². The second kappa shape index (κ2) is 6.60. The molecule has 1 unspecified atom stereocenters. The summed E-state index contributed by atoms with van der Waals surface area (Å²) >= 11 is 0. The first-order valence-corrected chi connectivity index (χ1v) is 8.43. The maximum atomic E-state index is 14.1. The van der Waals surface area contributed by atoms with Crippen LogP contribution >= 0.6 is 0 Å². The third-order valence-electron chi connectivity index (χ3n) is 4.68. The predicted molar refractivity (Wildman–Crippen MR) is 96.5 cm³/mol. The number of fused-ring (bicyclic) bond motifs is 1. The third-order valence-corrected chi connectivity index (χ3v) is 4.68. The molecule has 3 aromatic rings. The molecule has 0 saturated heterocycles. The van der Waals surface area contributed by atoms with Crippen molar-refractivity contribution in [2.75, 3.05) is 7.11 Å². The molecule has 0 N–H and O–H groups in total. The lowest BCUT2D eigenvalue weighted by Crippen LogP contribution is -2.14. The fourth-order valence-corrected chi connectivity index (χ4v) is 3.29. The highest BCUT2D eigenvalue weighted by atomic mass is 19.1. The number of halogens is 1. The molecular weight excluding hydrogens is 315 g/mol. The van der Waals surface area contributed by atoms with E-state index in [-0.39, 0.29) is 11.9 Å². The van der Waals surface area contributed by atoms with Gasteiger partial charge in [-0.1, -0.05) is 42.5 Å². The van der Waals surface area contributed by atoms with Crippen molar-refractivity contribution >= 4 is 0 Å².